The van der Waals surface area contributed by atoms with Crippen LogP contribution in [0.2, 0.25) is 0 Å². The number of rotatable bonds is 5. The van der Waals surface area contributed by atoms with E-state index in [1.807, 2.05) is 32.0 Å². The van der Waals surface area contributed by atoms with Gasteiger partial charge in [0, 0.05) is 37.4 Å². The third-order valence-electron chi connectivity index (χ3n) is 6.48. The molecule has 2 amide bonds. The predicted molar refractivity (Wildman–Crippen MR) is 129 cm³/mol. The molecule has 33 heavy (non-hydrogen) atoms. The molecule has 2 aliphatic heterocycles. The third kappa shape index (κ3) is 5.12. The van der Waals surface area contributed by atoms with E-state index in [2.05, 4.69) is 5.32 Å². The smallest absolute Gasteiger partial charge is 0.243 e. The monoisotopic (exact) mass is 469 g/mol. The first-order valence-electron chi connectivity index (χ1n) is 11.5. The van der Waals surface area contributed by atoms with E-state index >= 15 is 0 Å². The van der Waals surface area contributed by atoms with Gasteiger partial charge in [-0.25, -0.2) is 8.42 Å². The second-order valence-corrected chi connectivity index (χ2v) is 11.0. The zero-order chi connectivity index (χ0) is 23.6. The summed E-state index contributed by atoms with van der Waals surface area (Å²) in [6.45, 7) is 5.36. The minimum atomic E-state index is -3.53. The summed E-state index contributed by atoms with van der Waals surface area (Å²) >= 11 is 0. The zero-order valence-electron chi connectivity index (χ0n) is 19.2. The van der Waals surface area contributed by atoms with Crippen LogP contribution < -0.4 is 10.2 Å². The number of benzene rings is 2. The maximum Gasteiger partial charge on any atom is 0.243 e. The van der Waals surface area contributed by atoms with Crippen molar-refractivity contribution in [1.82, 2.24) is 4.31 Å². The molecule has 2 saturated heterocycles. The van der Waals surface area contributed by atoms with E-state index in [9.17, 15) is 18.0 Å². The SMILES string of the molecule is Cc1ccc(C)c(N2CC(C(=O)Nc3ccc(S(=O)(=O)N4CCCCCC4)cc3)CC2=O)c1. The number of amides is 2. The maximum atomic E-state index is 12.9. The predicted octanol–water partition coefficient (Wildman–Crippen LogP) is 3.86. The Hall–Kier alpha value is -2.71. The molecule has 1 unspecified atom stereocenters. The van der Waals surface area contributed by atoms with Crippen LogP contribution in [0, 0.1) is 19.8 Å². The molecule has 2 aromatic rings. The van der Waals surface area contributed by atoms with Crippen LogP contribution in [0.5, 0.6) is 0 Å². The fraction of sp³-hybridized carbons (Fsp3) is 0.440. The summed E-state index contributed by atoms with van der Waals surface area (Å²) in [5.74, 6) is -0.764. The van der Waals surface area contributed by atoms with Crippen LogP contribution in [0.1, 0.15) is 43.2 Å². The Labute approximate surface area is 195 Å². The van der Waals surface area contributed by atoms with Crippen LogP contribution in [-0.2, 0) is 19.6 Å². The van der Waals surface area contributed by atoms with Crippen LogP contribution >= 0.6 is 0 Å². The van der Waals surface area contributed by atoms with Gasteiger partial charge in [-0.05, 0) is 68.1 Å². The maximum absolute atomic E-state index is 12.9. The Kier molecular flexibility index (Phi) is 6.86. The summed E-state index contributed by atoms with van der Waals surface area (Å²) in [7, 11) is -3.53. The van der Waals surface area contributed by atoms with Gasteiger partial charge in [0.05, 0.1) is 10.8 Å². The lowest BCUT2D eigenvalue weighted by atomic mass is 10.1. The second kappa shape index (κ2) is 9.65. The fourth-order valence-electron chi connectivity index (χ4n) is 4.51. The molecular formula is C25H31N3O4S. The first kappa shape index (κ1) is 23.4. The standard InChI is InChI=1S/C25H31N3O4S/c1-18-7-8-19(2)23(15-18)28-17-20(16-24(28)29)25(30)26-21-9-11-22(12-10-21)33(31,32)27-13-5-3-4-6-14-27/h7-12,15,20H,3-6,13-14,16-17H2,1-2H3,(H,26,30). The van der Waals surface area contributed by atoms with E-state index in [-0.39, 0.29) is 23.1 Å². The summed E-state index contributed by atoms with van der Waals surface area (Å²) < 4.78 is 27.4. The summed E-state index contributed by atoms with van der Waals surface area (Å²) in [6.07, 6.45) is 4.03. The number of aryl methyl sites for hydroxylation is 2. The number of nitrogens with zero attached hydrogens (tertiary/aromatic N) is 2. The van der Waals surface area contributed by atoms with Gasteiger partial charge >= 0.3 is 0 Å². The number of nitrogens with one attached hydrogen (secondary N) is 1. The molecule has 1 N–H and O–H groups in total. The van der Waals surface area contributed by atoms with Crippen LogP contribution in [-0.4, -0.2) is 44.2 Å². The van der Waals surface area contributed by atoms with Crippen LogP contribution in [0.25, 0.3) is 0 Å². The van der Waals surface area contributed by atoms with E-state index in [1.54, 1.807) is 21.3 Å². The lowest BCUT2D eigenvalue weighted by Gasteiger charge is -2.20. The van der Waals surface area contributed by atoms with E-state index in [4.69, 9.17) is 0 Å². The number of carbonyl (C=O) groups is 2. The molecule has 0 saturated carbocycles. The molecule has 0 aliphatic carbocycles. The molecular weight excluding hydrogens is 438 g/mol. The Balaban J connectivity index is 1.42. The van der Waals surface area contributed by atoms with Gasteiger partial charge in [0.15, 0.2) is 0 Å². The molecule has 2 fully saturated rings. The van der Waals surface area contributed by atoms with Crippen LogP contribution in [0.3, 0.4) is 0 Å². The van der Waals surface area contributed by atoms with E-state index in [1.165, 1.54) is 12.1 Å². The first-order valence-corrected chi connectivity index (χ1v) is 13.0. The molecule has 2 aromatic carbocycles. The van der Waals surface area contributed by atoms with E-state index in [0.717, 1.165) is 42.5 Å². The third-order valence-corrected chi connectivity index (χ3v) is 8.39. The number of sulfonamides is 1. The van der Waals surface area contributed by atoms with Crippen molar-refractivity contribution in [3.63, 3.8) is 0 Å². The molecule has 0 aromatic heterocycles. The van der Waals surface area contributed by atoms with Crippen molar-refractivity contribution in [3.05, 3.63) is 53.6 Å². The molecule has 7 nitrogen and oxygen atoms in total. The van der Waals surface area contributed by atoms with Gasteiger partial charge in [-0.15, -0.1) is 0 Å². The van der Waals surface area contributed by atoms with Gasteiger partial charge in [0.1, 0.15) is 0 Å². The van der Waals surface area contributed by atoms with Gasteiger partial charge in [0.2, 0.25) is 21.8 Å². The highest BCUT2D eigenvalue weighted by Gasteiger charge is 2.36. The average Bonchev–Trinajstić information content (AvgIpc) is 2.99. The minimum Gasteiger partial charge on any atom is -0.326 e. The van der Waals surface area contributed by atoms with Crippen molar-refractivity contribution in [2.45, 2.75) is 50.8 Å². The molecule has 1 atom stereocenters. The summed E-state index contributed by atoms with van der Waals surface area (Å²) in [4.78, 5) is 27.4. The van der Waals surface area contributed by atoms with E-state index in [0.29, 0.717) is 25.3 Å². The average molecular weight is 470 g/mol. The van der Waals surface area contributed by atoms with Crippen molar-refractivity contribution >= 4 is 33.2 Å². The summed E-state index contributed by atoms with van der Waals surface area (Å²) in [6, 6.07) is 12.3. The number of carbonyl (C=O) groups excluding carboxylic acids is 2. The molecule has 4 rings (SSSR count). The topological polar surface area (TPSA) is 86.8 Å². The molecule has 2 aliphatic rings. The molecule has 8 heteroatoms. The quantitative estimate of drug-likeness (QED) is 0.720. The van der Waals surface area contributed by atoms with Crippen LogP contribution in [0.4, 0.5) is 11.4 Å². The second-order valence-electron chi connectivity index (χ2n) is 9.03. The Morgan fingerprint density at radius 2 is 1.64 bits per heavy atom. The number of hydrogen-bond donors (Lipinski definition) is 1. The minimum absolute atomic E-state index is 0.0669. The summed E-state index contributed by atoms with van der Waals surface area (Å²) in [5, 5.41) is 2.84. The number of hydrogen-bond acceptors (Lipinski definition) is 4. The first-order chi connectivity index (χ1) is 15.8. The fourth-order valence-corrected chi connectivity index (χ4v) is 6.03. The van der Waals surface area contributed by atoms with Crippen molar-refractivity contribution in [3.8, 4) is 0 Å². The molecule has 0 bridgehead atoms. The highest BCUT2D eigenvalue weighted by Crippen LogP contribution is 2.30. The Bertz CT molecular complexity index is 1140. The molecule has 0 spiro atoms. The van der Waals surface area contributed by atoms with Crippen molar-refractivity contribution in [2.75, 3.05) is 29.9 Å². The van der Waals surface area contributed by atoms with Gasteiger partial charge in [0.25, 0.3) is 0 Å². The number of anilines is 2. The van der Waals surface area contributed by atoms with Crippen LogP contribution in [0.15, 0.2) is 47.4 Å². The lowest BCUT2D eigenvalue weighted by molar-refractivity contribution is -0.122. The highest BCUT2D eigenvalue weighted by atomic mass is 32.2. The Morgan fingerprint density at radius 1 is 0.970 bits per heavy atom. The van der Waals surface area contributed by atoms with Crippen molar-refractivity contribution in [2.24, 2.45) is 5.92 Å². The molecule has 176 valence electrons. The van der Waals surface area contributed by atoms with Crippen molar-refractivity contribution in [1.29, 1.82) is 0 Å². The lowest BCUT2D eigenvalue weighted by Crippen LogP contribution is -2.32. The van der Waals surface area contributed by atoms with Gasteiger partial charge in [-0.2, -0.15) is 4.31 Å². The summed E-state index contributed by atoms with van der Waals surface area (Å²) in [5.41, 5.74) is 3.42. The zero-order valence-corrected chi connectivity index (χ0v) is 20.0. The van der Waals surface area contributed by atoms with Crippen molar-refractivity contribution < 1.29 is 18.0 Å². The molecule has 0 radical (unpaired) electrons. The molecule has 2 heterocycles. The van der Waals surface area contributed by atoms with Gasteiger partial charge in [-0.1, -0.05) is 25.0 Å². The Morgan fingerprint density at radius 3 is 2.30 bits per heavy atom. The normalized spacial score (nSPS) is 20.0. The largest absolute Gasteiger partial charge is 0.326 e. The highest BCUT2D eigenvalue weighted by molar-refractivity contribution is 7.89. The van der Waals surface area contributed by atoms with Gasteiger partial charge < -0.3 is 10.2 Å². The van der Waals surface area contributed by atoms with Gasteiger partial charge in [-0.3, -0.25) is 9.59 Å². The van der Waals surface area contributed by atoms with E-state index < -0.39 is 15.9 Å².